The molecule has 0 N–H and O–H groups in total. The van der Waals surface area contributed by atoms with Gasteiger partial charge in [-0.3, -0.25) is 9.69 Å². The average molecular weight is 395 g/mol. The SMILES string of the molecule is Cc1ccccc1CN(C)C(=O)CN1CCC[C@H]1c1ccc2c(c1)OCCCO2. The predicted octanol–water partition coefficient (Wildman–Crippen LogP) is 3.95. The highest BCUT2D eigenvalue weighted by molar-refractivity contribution is 5.78. The summed E-state index contributed by atoms with van der Waals surface area (Å²) in [6.45, 7) is 5.52. The fourth-order valence-electron chi connectivity index (χ4n) is 4.21. The van der Waals surface area contributed by atoms with Gasteiger partial charge in [0.05, 0.1) is 19.8 Å². The van der Waals surface area contributed by atoms with Crippen molar-refractivity contribution in [2.24, 2.45) is 0 Å². The molecule has 2 aromatic rings. The van der Waals surface area contributed by atoms with Crippen molar-refractivity contribution < 1.29 is 14.3 Å². The first-order valence-corrected chi connectivity index (χ1v) is 10.5. The number of amides is 1. The first-order valence-electron chi connectivity index (χ1n) is 10.5. The van der Waals surface area contributed by atoms with Crippen molar-refractivity contribution in [1.82, 2.24) is 9.80 Å². The Hall–Kier alpha value is -2.53. The molecule has 1 saturated heterocycles. The second kappa shape index (κ2) is 8.87. The van der Waals surface area contributed by atoms with Crippen molar-refractivity contribution >= 4 is 5.91 Å². The maximum atomic E-state index is 12.9. The van der Waals surface area contributed by atoms with Gasteiger partial charge in [0, 0.05) is 26.1 Å². The van der Waals surface area contributed by atoms with E-state index in [2.05, 4.69) is 36.1 Å². The monoisotopic (exact) mass is 394 g/mol. The van der Waals surface area contributed by atoms with E-state index in [1.807, 2.05) is 30.1 Å². The zero-order valence-corrected chi connectivity index (χ0v) is 17.4. The van der Waals surface area contributed by atoms with Crippen LogP contribution in [0.3, 0.4) is 0 Å². The minimum absolute atomic E-state index is 0.162. The number of nitrogens with zero attached hydrogens (tertiary/aromatic N) is 2. The van der Waals surface area contributed by atoms with Crippen LogP contribution in [0.5, 0.6) is 11.5 Å². The molecule has 2 aromatic carbocycles. The average Bonchev–Trinajstić information content (AvgIpc) is 3.05. The highest BCUT2D eigenvalue weighted by atomic mass is 16.5. The molecule has 1 amide bonds. The minimum Gasteiger partial charge on any atom is -0.490 e. The molecule has 0 unspecified atom stereocenters. The molecule has 0 saturated carbocycles. The van der Waals surface area contributed by atoms with Crippen LogP contribution in [0, 0.1) is 6.92 Å². The first kappa shape index (κ1) is 19.8. The van der Waals surface area contributed by atoms with E-state index in [0.29, 0.717) is 26.3 Å². The lowest BCUT2D eigenvalue weighted by Crippen LogP contribution is -2.38. The molecule has 1 atom stereocenters. The molecule has 5 nitrogen and oxygen atoms in total. The number of hydrogen-bond donors (Lipinski definition) is 0. The summed E-state index contributed by atoms with van der Waals surface area (Å²) in [6, 6.07) is 14.7. The molecule has 0 aliphatic carbocycles. The molecule has 0 radical (unpaired) electrons. The Bertz CT molecular complexity index is 867. The maximum absolute atomic E-state index is 12.9. The summed E-state index contributed by atoms with van der Waals surface area (Å²) in [4.78, 5) is 17.0. The summed E-state index contributed by atoms with van der Waals surface area (Å²) in [7, 11) is 1.90. The van der Waals surface area contributed by atoms with Crippen LogP contribution < -0.4 is 9.47 Å². The second-order valence-corrected chi connectivity index (χ2v) is 8.06. The molecule has 29 heavy (non-hydrogen) atoms. The van der Waals surface area contributed by atoms with E-state index in [1.54, 1.807) is 0 Å². The third-order valence-corrected chi connectivity index (χ3v) is 5.95. The van der Waals surface area contributed by atoms with Crippen molar-refractivity contribution in [1.29, 1.82) is 0 Å². The van der Waals surface area contributed by atoms with Crippen LogP contribution in [0.4, 0.5) is 0 Å². The van der Waals surface area contributed by atoms with Gasteiger partial charge in [0.1, 0.15) is 0 Å². The number of ether oxygens (including phenoxy) is 2. The molecular formula is C24H30N2O3. The van der Waals surface area contributed by atoms with Gasteiger partial charge in [-0.2, -0.15) is 0 Å². The molecule has 0 bridgehead atoms. The normalized spacial score (nSPS) is 19.0. The largest absolute Gasteiger partial charge is 0.490 e. The Kier molecular flexibility index (Phi) is 6.05. The third-order valence-electron chi connectivity index (χ3n) is 5.95. The summed E-state index contributed by atoms with van der Waals surface area (Å²) in [6.07, 6.45) is 3.07. The fourth-order valence-corrected chi connectivity index (χ4v) is 4.21. The molecule has 0 aromatic heterocycles. The molecule has 0 spiro atoms. The van der Waals surface area contributed by atoms with Crippen LogP contribution >= 0.6 is 0 Å². The second-order valence-electron chi connectivity index (χ2n) is 8.06. The van der Waals surface area contributed by atoms with Gasteiger partial charge in [-0.15, -0.1) is 0 Å². The number of carbonyl (C=O) groups excluding carboxylic acids is 1. The summed E-state index contributed by atoms with van der Waals surface area (Å²) < 4.78 is 11.6. The van der Waals surface area contributed by atoms with E-state index in [0.717, 1.165) is 37.3 Å². The molecular weight excluding hydrogens is 364 g/mol. The smallest absolute Gasteiger partial charge is 0.236 e. The van der Waals surface area contributed by atoms with Gasteiger partial charge in [0.15, 0.2) is 11.5 Å². The van der Waals surface area contributed by atoms with Crippen LogP contribution in [-0.2, 0) is 11.3 Å². The van der Waals surface area contributed by atoms with Gasteiger partial charge in [-0.1, -0.05) is 30.3 Å². The van der Waals surface area contributed by atoms with Crippen LogP contribution in [0.15, 0.2) is 42.5 Å². The summed E-state index contributed by atoms with van der Waals surface area (Å²) in [5.41, 5.74) is 3.63. The van der Waals surface area contributed by atoms with E-state index in [-0.39, 0.29) is 11.9 Å². The summed E-state index contributed by atoms with van der Waals surface area (Å²) >= 11 is 0. The Labute approximate surface area is 173 Å². The van der Waals surface area contributed by atoms with E-state index < -0.39 is 0 Å². The van der Waals surface area contributed by atoms with Crippen molar-refractivity contribution in [2.45, 2.75) is 38.8 Å². The minimum atomic E-state index is 0.162. The number of aryl methyl sites for hydroxylation is 1. The van der Waals surface area contributed by atoms with Crippen molar-refractivity contribution in [3.05, 3.63) is 59.2 Å². The highest BCUT2D eigenvalue weighted by Gasteiger charge is 2.29. The lowest BCUT2D eigenvalue weighted by atomic mass is 10.0. The molecule has 2 aliphatic heterocycles. The van der Waals surface area contributed by atoms with Gasteiger partial charge in [-0.05, 0) is 55.1 Å². The number of benzene rings is 2. The van der Waals surface area contributed by atoms with Crippen LogP contribution in [-0.4, -0.2) is 49.1 Å². The Morgan fingerprint density at radius 2 is 1.90 bits per heavy atom. The number of carbonyl (C=O) groups is 1. The van der Waals surface area contributed by atoms with Gasteiger partial charge >= 0.3 is 0 Å². The lowest BCUT2D eigenvalue weighted by Gasteiger charge is -2.27. The van der Waals surface area contributed by atoms with E-state index in [4.69, 9.17) is 9.47 Å². The Morgan fingerprint density at radius 1 is 1.10 bits per heavy atom. The zero-order chi connectivity index (χ0) is 20.2. The first-order chi connectivity index (χ1) is 14.1. The van der Waals surface area contributed by atoms with Gasteiger partial charge in [0.25, 0.3) is 0 Å². The summed E-state index contributed by atoms with van der Waals surface area (Å²) in [5, 5.41) is 0. The van der Waals surface area contributed by atoms with Gasteiger partial charge in [0.2, 0.25) is 5.91 Å². The molecule has 154 valence electrons. The number of rotatable bonds is 5. The summed E-state index contributed by atoms with van der Waals surface area (Å²) in [5.74, 6) is 1.81. The lowest BCUT2D eigenvalue weighted by molar-refractivity contribution is -0.131. The number of fused-ring (bicyclic) bond motifs is 1. The quantitative estimate of drug-likeness (QED) is 0.770. The molecule has 1 fully saturated rings. The van der Waals surface area contributed by atoms with E-state index >= 15 is 0 Å². The highest BCUT2D eigenvalue weighted by Crippen LogP contribution is 2.37. The van der Waals surface area contributed by atoms with Crippen LogP contribution in [0.2, 0.25) is 0 Å². The number of likely N-dealkylation sites (tertiary alicyclic amines) is 1. The molecule has 2 aliphatic rings. The fraction of sp³-hybridized carbons (Fsp3) is 0.458. The van der Waals surface area contributed by atoms with Gasteiger partial charge in [-0.25, -0.2) is 0 Å². The van der Waals surface area contributed by atoms with Crippen molar-refractivity contribution in [3.8, 4) is 11.5 Å². The molecule has 4 rings (SSSR count). The number of likely N-dealkylation sites (N-methyl/N-ethyl adjacent to an activating group) is 1. The maximum Gasteiger partial charge on any atom is 0.236 e. The van der Waals surface area contributed by atoms with E-state index in [9.17, 15) is 4.79 Å². The molecule has 5 heteroatoms. The van der Waals surface area contributed by atoms with Crippen molar-refractivity contribution in [3.63, 3.8) is 0 Å². The zero-order valence-electron chi connectivity index (χ0n) is 17.4. The topological polar surface area (TPSA) is 42.0 Å². The van der Waals surface area contributed by atoms with Gasteiger partial charge < -0.3 is 14.4 Å². The Morgan fingerprint density at radius 3 is 2.72 bits per heavy atom. The molecule has 2 heterocycles. The van der Waals surface area contributed by atoms with E-state index in [1.165, 1.54) is 16.7 Å². The van der Waals surface area contributed by atoms with Crippen LogP contribution in [0.1, 0.15) is 42.0 Å². The van der Waals surface area contributed by atoms with Crippen LogP contribution in [0.25, 0.3) is 0 Å². The standard InChI is InChI=1S/C24H30N2O3/c1-18-7-3-4-8-20(18)16-25(2)24(27)17-26-12-5-9-21(26)19-10-11-22-23(15-19)29-14-6-13-28-22/h3-4,7-8,10-11,15,21H,5-6,9,12-14,16-17H2,1-2H3/t21-/m0/s1. The predicted molar refractivity (Wildman–Crippen MR) is 113 cm³/mol. The third kappa shape index (κ3) is 4.56. The van der Waals surface area contributed by atoms with Crippen molar-refractivity contribution in [2.75, 3.05) is 33.4 Å². The Balaban J connectivity index is 1.42. The number of hydrogen-bond acceptors (Lipinski definition) is 4.